The van der Waals surface area contributed by atoms with E-state index in [1.807, 2.05) is 24.3 Å². The predicted molar refractivity (Wildman–Crippen MR) is 82.1 cm³/mol. The predicted octanol–water partition coefficient (Wildman–Crippen LogP) is 2.74. The van der Waals surface area contributed by atoms with Crippen molar-refractivity contribution in [3.63, 3.8) is 0 Å². The summed E-state index contributed by atoms with van der Waals surface area (Å²) in [4.78, 5) is 25.9. The number of carbonyl (C=O) groups excluding carboxylic acids is 2. The quantitative estimate of drug-likeness (QED) is 0.927. The van der Waals surface area contributed by atoms with E-state index < -0.39 is 6.04 Å². The van der Waals surface area contributed by atoms with E-state index in [0.717, 1.165) is 11.3 Å². The van der Waals surface area contributed by atoms with Crippen LogP contribution in [0.3, 0.4) is 0 Å². The molecular weight excluding hydrogens is 283 g/mol. The lowest BCUT2D eigenvalue weighted by Gasteiger charge is -2.23. The maximum Gasteiger partial charge on any atom is 0.247 e. The van der Waals surface area contributed by atoms with Crippen LogP contribution in [0.25, 0.3) is 0 Å². The lowest BCUT2D eigenvalue weighted by atomic mass is 10.1. The molecule has 0 bridgehead atoms. The Labute approximate surface area is 127 Å². The number of amides is 2. The summed E-state index contributed by atoms with van der Waals surface area (Å²) in [5.74, 6) is -0.821. The van der Waals surface area contributed by atoms with Gasteiger partial charge in [-0.25, -0.2) is 4.39 Å². The zero-order chi connectivity index (χ0) is 15.7. The van der Waals surface area contributed by atoms with Gasteiger partial charge >= 0.3 is 0 Å². The Morgan fingerprint density at radius 2 is 1.82 bits per heavy atom. The summed E-state index contributed by atoms with van der Waals surface area (Å²) in [5, 5.41) is 2.73. The first-order valence-corrected chi connectivity index (χ1v) is 7.00. The van der Waals surface area contributed by atoms with Crippen molar-refractivity contribution in [2.24, 2.45) is 0 Å². The van der Waals surface area contributed by atoms with Crippen molar-refractivity contribution in [1.29, 1.82) is 0 Å². The molecule has 2 amide bonds. The Morgan fingerprint density at radius 3 is 2.50 bits per heavy atom. The highest BCUT2D eigenvalue weighted by Crippen LogP contribution is 2.32. The van der Waals surface area contributed by atoms with E-state index in [-0.39, 0.29) is 17.6 Å². The summed E-state index contributed by atoms with van der Waals surface area (Å²) in [6.45, 7) is 1.44. The topological polar surface area (TPSA) is 49.4 Å². The molecule has 1 N–H and O–H groups in total. The molecule has 1 unspecified atom stereocenters. The number of hydrogen-bond donors (Lipinski definition) is 1. The van der Waals surface area contributed by atoms with Gasteiger partial charge < -0.3 is 5.32 Å². The van der Waals surface area contributed by atoms with Gasteiger partial charge in [0, 0.05) is 24.7 Å². The Kier molecular flexibility index (Phi) is 3.63. The van der Waals surface area contributed by atoms with Crippen LogP contribution in [0.2, 0.25) is 0 Å². The highest BCUT2D eigenvalue weighted by atomic mass is 19.1. The Morgan fingerprint density at radius 1 is 1.14 bits per heavy atom. The minimum atomic E-state index is -0.583. The smallest absolute Gasteiger partial charge is 0.247 e. The molecule has 2 aromatic carbocycles. The first kappa shape index (κ1) is 14.3. The van der Waals surface area contributed by atoms with Crippen LogP contribution in [0.1, 0.15) is 12.5 Å². The molecule has 1 aliphatic rings. The standard InChI is InChI=1S/C17H15FN2O2/c1-11(21)20-15-5-3-2-4-12(15)10-16(20)17(22)19-14-8-6-13(18)7-9-14/h2-9,16H,10H2,1H3,(H,19,22). The normalized spacial score (nSPS) is 16.3. The molecule has 0 aliphatic carbocycles. The van der Waals surface area contributed by atoms with E-state index in [1.54, 1.807) is 0 Å². The first-order chi connectivity index (χ1) is 10.6. The highest BCUT2D eigenvalue weighted by molar-refractivity contribution is 6.06. The number of benzene rings is 2. The summed E-state index contributed by atoms with van der Waals surface area (Å²) < 4.78 is 12.9. The lowest BCUT2D eigenvalue weighted by molar-refractivity contribution is -0.122. The van der Waals surface area contributed by atoms with Crippen molar-refractivity contribution < 1.29 is 14.0 Å². The van der Waals surface area contributed by atoms with Gasteiger partial charge in [-0.2, -0.15) is 0 Å². The monoisotopic (exact) mass is 298 g/mol. The van der Waals surface area contributed by atoms with Crippen molar-refractivity contribution in [2.75, 3.05) is 10.2 Å². The molecule has 1 aliphatic heterocycles. The third-order valence-electron chi connectivity index (χ3n) is 3.73. The zero-order valence-corrected chi connectivity index (χ0v) is 12.0. The van der Waals surface area contributed by atoms with E-state index in [4.69, 9.17) is 0 Å². The maximum absolute atomic E-state index is 12.9. The Bertz CT molecular complexity index is 728. The van der Waals surface area contributed by atoms with E-state index in [0.29, 0.717) is 12.1 Å². The molecule has 5 heteroatoms. The number of rotatable bonds is 2. The Balaban J connectivity index is 1.83. The fourth-order valence-electron chi connectivity index (χ4n) is 2.74. The van der Waals surface area contributed by atoms with Gasteiger partial charge in [0.2, 0.25) is 11.8 Å². The van der Waals surface area contributed by atoms with Crippen molar-refractivity contribution in [2.45, 2.75) is 19.4 Å². The number of fused-ring (bicyclic) bond motifs is 1. The summed E-state index contributed by atoms with van der Waals surface area (Å²) in [6, 6.07) is 12.4. The van der Waals surface area contributed by atoms with E-state index in [1.165, 1.54) is 36.1 Å². The van der Waals surface area contributed by atoms with Crippen LogP contribution in [-0.4, -0.2) is 17.9 Å². The SMILES string of the molecule is CC(=O)N1c2ccccc2CC1C(=O)Nc1ccc(F)cc1. The first-order valence-electron chi connectivity index (χ1n) is 7.00. The van der Waals surface area contributed by atoms with Crippen LogP contribution in [0.5, 0.6) is 0 Å². The molecular formula is C17H15FN2O2. The second-order valence-electron chi connectivity index (χ2n) is 5.23. The number of nitrogens with zero attached hydrogens (tertiary/aromatic N) is 1. The van der Waals surface area contributed by atoms with Crippen molar-refractivity contribution in [1.82, 2.24) is 0 Å². The average Bonchev–Trinajstić information content (AvgIpc) is 2.89. The molecule has 3 rings (SSSR count). The highest BCUT2D eigenvalue weighted by Gasteiger charge is 2.36. The van der Waals surface area contributed by atoms with Crippen LogP contribution in [0.4, 0.5) is 15.8 Å². The van der Waals surface area contributed by atoms with Gasteiger partial charge in [-0.1, -0.05) is 18.2 Å². The molecule has 0 aromatic heterocycles. The summed E-state index contributed by atoms with van der Waals surface area (Å²) in [6.07, 6.45) is 0.475. The third kappa shape index (κ3) is 2.57. The summed E-state index contributed by atoms with van der Waals surface area (Å²) in [5.41, 5.74) is 2.25. The molecule has 2 aromatic rings. The van der Waals surface area contributed by atoms with E-state index >= 15 is 0 Å². The van der Waals surface area contributed by atoms with Crippen molar-refractivity contribution in [3.05, 3.63) is 59.9 Å². The molecule has 0 saturated carbocycles. The molecule has 112 valence electrons. The van der Waals surface area contributed by atoms with Gasteiger partial charge in [0.25, 0.3) is 0 Å². The molecule has 1 atom stereocenters. The van der Waals surface area contributed by atoms with E-state index in [9.17, 15) is 14.0 Å². The molecule has 0 spiro atoms. The van der Waals surface area contributed by atoms with Crippen molar-refractivity contribution >= 4 is 23.2 Å². The van der Waals surface area contributed by atoms with Gasteiger partial charge in [0.1, 0.15) is 11.9 Å². The van der Waals surface area contributed by atoms with Gasteiger partial charge in [-0.3, -0.25) is 14.5 Å². The molecule has 0 saturated heterocycles. The second kappa shape index (κ2) is 5.60. The number of carbonyl (C=O) groups is 2. The Hall–Kier alpha value is -2.69. The van der Waals surface area contributed by atoms with Crippen LogP contribution in [0, 0.1) is 5.82 Å². The van der Waals surface area contributed by atoms with Crippen LogP contribution in [-0.2, 0) is 16.0 Å². The second-order valence-corrected chi connectivity index (χ2v) is 5.23. The summed E-state index contributed by atoms with van der Waals surface area (Å²) >= 11 is 0. The van der Waals surface area contributed by atoms with Crippen LogP contribution >= 0.6 is 0 Å². The molecule has 0 radical (unpaired) electrons. The van der Waals surface area contributed by atoms with Crippen LogP contribution < -0.4 is 10.2 Å². The number of nitrogens with one attached hydrogen (secondary N) is 1. The maximum atomic E-state index is 12.9. The fourth-order valence-corrected chi connectivity index (χ4v) is 2.74. The van der Waals surface area contributed by atoms with Gasteiger partial charge in [0.05, 0.1) is 0 Å². The minimum absolute atomic E-state index is 0.177. The number of anilines is 2. The summed E-state index contributed by atoms with van der Waals surface area (Å²) in [7, 11) is 0. The number of para-hydroxylation sites is 1. The zero-order valence-electron chi connectivity index (χ0n) is 12.0. The lowest BCUT2D eigenvalue weighted by Crippen LogP contribution is -2.44. The van der Waals surface area contributed by atoms with E-state index in [2.05, 4.69) is 5.32 Å². The van der Waals surface area contributed by atoms with Gasteiger partial charge in [-0.15, -0.1) is 0 Å². The van der Waals surface area contributed by atoms with Crippen LogP contribution in [0.15, 0.2) is 48.5 Å². The minimum Gasteiger partial charge on any atom is -0.324 e. The van der Waals surface area contributed by atoms with Gasteiger partial charge in [0.15, 0.2) is 0 Å². The molecule has 22 heavy (non-hydrogen) atoms. The molecule has 1 heterocycles. The number of hydrogen-bond acceptors (Lipinski definition) is 2. The number of halogens is 1. The van der Waals surface area contributed by atoms with Gasteiger partial charge in [-0.05, 0) is 35.9 Å². The molecule has 0 fully saturated rings. The average molecular weight is 298 g/mol. The largest absolute Gasteiger partial charge is 0.324 e. The van der Waals surface area contributed by atoms with Crippen molar-refractivity contribution in [3.8, 4) is 0 Å². The fraction of sp³-hybridized carbons (Fsp3) is 0.176. The molecule has 4 nitrogen and oxygen atoms in total. The third-order valence-corrected chi connectivity index (χ3v) is 3.73.